The van der Waals surface area contributed by atoms with Crippen LogP contribution in [0.15, 0.2) is 16.6 Å². The van der Waals surface area contributed by atoms with Crippen LogP contribution >= 0.6 is 11.3 Å². The molecule has 0 saturated carbocycles. The number of fused-ring (bicyclic) bond motifs is 1. The molecular formula is C5H3N3OS. The molecule has 50 valence electrons. The molecule has 0 aliphatic rings. The lowest BCUT2D eigenvalue weighted by molar-refractivity contribution is 1.16. The zero-order valence-corrected chi connectivity index (χ0v) is 5.55. The van der Waals surface area contributed by atoms with Crippen molar-refractivity contribution < 1.29 is 2.78 Å². The van der Waals surface area contributed by atoms with Crippen LogP contribution in [0.5, 0.6) is 0 Å². The van der Waals surface area contributed by atoms with E-state index in [4.69, 9.17) is 2.78 Å². The molecule has 2 rings (SSSR count). The van der Waals surface area contributed by atoms with Crippen LogP contribution in [0.2, 0.25) is 1.41 Å². The predicted molar refractivity (Wildman–Crippen MR) is 38.0 cm³/mol. The monoisotopic (exact) mass is 155 g/mol. The quantitative estimate of drug-likeness (QED) is 0.598. The highest BCUT2D eigenvalue weighted by Crippen LogP contribution is 2.07. The molecule has 0 radical (unpaired) electrons. The first-order valence-corrected chi connectivity index (χ1v) is 3.34. The van der Waals surface area contributed by atoms with E-state index in [1.54, 1.807) is 0 Å². The van der Waals surface area contributed by atoms with Gasteiger partial charge in [0.05, 0.1) is 13.2 Å². The number of aromatic nitrogens is 3. The maximum Gasteiger partial charge on any atom is 0.292 e. The molecule has 0 aliphatic heterocycles. The molecule has 2 aromatic rings. The van der Waals surface area contributed by atoms with Crippen LogP contribution in [0.4, 0.5) is 0 Å². The van der Waals surface area contributed by atoms with Gasteiger partial charge in [-0.25, -0.2) is 4.98 Å². The second kappa shape index (κ2) is 1.88. The van der Waals surface area contributed by atoms with Crippen LogP contribution in [-0.2, 0) is 0 Å². The number of aromatic amines is 1. The summed E-state index contributed by atoms with van der Waals surface area (Å²) < 4.78 is 14.7. The van der Waals surface area contributed by atoms with Crippen LogP contribution < -0.4 is 5.56 Å². The van der Waals surface area contributed by atoms with Crippen molar-refractivity contribution in [2.24, 2.45) is 0 Å². The average Bonchev–Trinajstić information content (AvgIpc) is 2.41. The number of nitrogens with zero attached hydrogens (tertiary/aromatic N) is 2. The second-order valence-electron chi connectivity index (χ2n) is 1.64. The molecule has 0 fully saturated rings. The van der Waals surface area contributed by atoms with Gasteiger partial charge in [0.25, 0.3) is 5.56 Å². The van der Waals surface area contributed by atoms with Crippen LogP contribution in [0.25, 0.3) is 10.3 Å². The van der Waals surface area contributed by atoms with Gasteiger partial charge in [-0.2, -0.15) is 4.98 Å². The normalized spacial score (nSPS) is 13.2. The van der Waals surface area contributed by atoms with Gasteiger partial charge in [0, 0.05) is 0 Å². The van der Waals surface area contributed by atoms with Gasteiger partial charge in [0.2, 0.25) is 0 Å². The lowest BCUT2D eigenvalue weighted by atomic mass is 10.6. The molecule has 0 amide bonds. The highest BCUT2D eigenvalue weighted by molar-refractivity contribution is 7.16. The first-order valence-electron chi connectivity index (χ1n) is 3.47. The predicted octanol–water partition coefficient (Wildman–Crippen LogP) is 0.380. The zero-order valence-electron chi connectivity index (χ0n) is 6.74. The van der Waals surface area contributed by atoms with E-state index in [-0.39, 0.29) is 15.8 Å². The van der Waals surface area contributed by atoms with Crippen molar-refractivity contribution in [2.75, 3.05) is 0 Å². The van der Waals surface area contributed by atoms with Gasteiger partial charge in [-0.3, -0.25) is 4.79 Å². The molecule has 4 nitrogen and oxygen atoms in total. The number of thiazole rings is 1. The van der Waals surface area contributed by atoms with E-state index < -0.39 is 5.56 Å². The topological polar surface area (TPSA) is 58.6 Å². The first kappa shape index (κ1) is 3.82. The maximum atomic E-state index is 11.0. The Morgan fingerprint density at radius 3 is 3.50 bits per heavy atom. The first-order chi connectivity index (χ1) is 5.68. The van der Waals surface area contributed by atoms with Crippen LogP contribution in [0.3, 0.4) is 0 Å². The highest BCUT2D eigenvalue weighted by Gasteiger charge is 1.98. The summed E-state index contributed by atoms with van der Waals surface area (Å²) in [5, 5.41) is 0. The van der Waals surface area contributed by atoms with Crippen molar-refractivity contribution in [3.8, 4) is 0 Å². The van der Waals surface area contributed by atoms with Crippen molar-refractivity contribution in [3.05, 3.63) is 22.2 Å². The van der Waals surface area contributed by atoms with Gasteiger partial charge < -0.3 is 4.98 Å². The molecule has 5 heteroatoms. The van der Waals surface area contributed by atoms with Crippen molar-refractivity contribution in [1.29, 1.82) is 0 Å². The molecule has 10 heavy (non-hydrogen) atoms. The molecule has 0 bridgehead atoms. The molecule has 2 aromatic heterocycles. The second-order valence-corrected chi connectivity index (χ2v) is 2.43. The Balaban J connectivity index is 3.03. The Labute approximate surface area is 62.4 Å². The van der Waals surface area contributed by atoms with Crippen LogP contribution in [0, 0.1) is 0 Å². The maximum absolute atomic E-state index is 11.0. The van der Waals surface area contributed by atoms with Crippen LogP contribution in [-0.4, -0.2) is 14.9 Å². The minimum atomic E-state index is -0.426. The van der Waals surface area contributed by atoms with Crippen molar-refractivity contribution in [2.45, 2.75) is 0 Å². The standard InChI is InChI=1S/C5H3N3OS/c9-5-3-4(6-1-7-5)8-2-10-3/h1-2H,(H,6,7,9)/i2D/hD. The third-order valence-corrected chi connectivity index (χ3v) is 1.80. The highest BCUT2D eigenvalue weighted by atomic mass is 32.1. The Morgan fingerprint density at radius 1 is 1.80 bits per heavy atom. The van der Waals surface area contributed by atoms with Gasteiger partial charge >= 0.3 is 0 Å². The molecule has 0 aromatic carbocycles. The van der Waals surface area contributed by atoms with E-state index in [1.807, 2.05) is 0 Å². The fourth-order valence-corrected chi connectivity index (χ4v) is 1.18. The Kier molecular flexibility index (Phi) is 0.718. The molecule has 0 saturated heterocycles. The molecule has 0 unspecified atom stereocenters. The van der Waals surface area contributed by atoms with Crippen molar-refractivity contribution >= 4 is 21.7 Å². The molecule has 2 heterocycles. The molecule has 1 N–H and O–H groups in total. The largest absolute Gasteiger partial charge is 0.330 e. The SMILES string of the molecule is [2H]c1nc2c(s1)c(=O)ncn2[2H]. The molecular weight excluding hydrogens is 150 g/mol. The summed E-state index contributed by atoms with van der Waals surface area (Å²) in [5.41, 5.74) is -0.203. The summed E-state index contributed by atoms with van der Waals surface area (Å²) in [6, 6.07) is 0. The summed E-state index contributed by atoms with van der Waals surface area (Å²) >= 11 is 0.933. The third-order valence-electron chi connectivity index (χ3n) is 1.05. The summed E-state index contributed by atoms with van der Waals surface area (Å²) in [4.78, 5) is 19.0. The van der Waals surface area contributed by atoms with E-state index in [0.717, 1.165) is 22.6 Å². The summed E-state index contributed by atoms with van der Waals surface area (Å²) in [5.74, 6) is 0. The van der Waals surface area contributed by atoms with Gasteiger partial charge in [0.1, 0.15) is 4.70 Å². The van der Waals surface area contributed by atoms with Gasteiger partial charge in [-0.15, -0.1) is 11.3 Å². The van der Waals surface area contributed by atoms with E-state index in [0.29, 0.717) is 0 Å². The number of hydrogen-bond donors (Lipinski definition) is 1. The van der Waals surface area contributed by atoms with Gasteiger partial charge in [-0.05, 0) is 0 Å². The van der Waals surface area contributed by atoms with Gasteiger partial charge in [0.15, 0.2) is 7.06 Å². The molecule has 0 aliphatic carbocycles. The number of nitrogens with one attached hydrogen (secondary N) is 1. The van der Waals surface area contributed by atoms with Crippen LogP contribution in [0.1, 0.15) is 1.37 Å². The summed E-state index contributed by atoms with van der Waals surface area (Å²) in [6.07, 6.45) is 1.07. The summed E-state index contributed by atoms with van der Waals surface area (Å²) in [7, 11) is 0. The van der Waals surface area contributed by atoms with E-state index in [1.165, 1.54) is 0 Å². The minimum Gasteiger partial charge on any atom is -0.330 e. The fourth-order valence-electron chi connectivity index (χ4n) is 0.630. The van der Waals surface area contributed by atoms with E-state index in [2.05, 4.69) is 9.97 Å². The summed E-state index contributed by atoms with van der Waals surface area (Å²) in [6.45, 7) is 0. The van der Waals surface area contributed by atoms with E-state index in [9.17, 15) is 4.79 Å². The fraction of sp³-hybridized carbons (Fsp3) is 0. The average molecular weight is 155 g/mol. The third kappa shape index (κ3) is 0.640. The molecule has 0 atom stereocenters. The van der Waals surface area contributed by atoms with Gasteiger partial charge in [-0.1, -0.05) is 0 Å². The smallest absolute Gasteiger partial charge is 0.292 e. The number of hydrogen-bond acceptors (Lipinski definition) is 4. The Hall–Kier alpha value is -1.23. The zero-order chi connectivity index (χ0) is 8.72. The Bertz CT molecular complexity index is 491. The number of H-pyrrole nitrogens is 1. The van der Waals surface area contributed by atoms with E-state index >= 15 is 0 Å². The Morgan fingerprint density at radius 2 is 2.70 bits per heavy atom. The molecule has 0 spiro atoms. The lowest BCUT2D eigenvalue weighted by Gasteiger charge is -1.81. The van der Waals surface area contributed by atoms with Crippen molar-refractivity contribution in [3.63, 3.8) is 0 Å². The number of rotatable bonds is 0. The minimum absolute atomic E-state index is 0.0242. The van der Waals surface area contributed by atoms with Crippen molar-refractivity contribution in [1.82, 2.24) is 14.9 Å². The lowest BCUT2D eigenvalue weighted by Crippen LogP contribution is -2.03.